The minimum Gasteiger partial charge on any atom is -0.351 e. The van der Waals surface area contributed by atoms with Crippen molar-refractivity contribution in [3.05, 3.63) is 53.8 Å². The van der Waals surface area contributed by atoms with Crippen LogP contribution in [0.4, 0.5) is 18.9 Å². The first kappa shape index (κ1) is 24.7. The number of nitrogens with zero attached hydrogens (tertiary/aromatic N) is 1. The lowest BCUT2D eigenvalue weighted by Gasteiger charge is -2.19. The second kappa shape index (κ2) is 10.1. The average molecular weight is 514 g/mol. The first-order valence-corrected chi connectivity index (χ1v) is 13.4. The van der Waals surface area contributed by atoms with E-state index in [1.807, 2.05) is 12.1 Å². The molecule has 0 radical (unpaired) electrons. The topological polar surface area (TPSA) is 84.2 Å². The van der Waals surface area contributed by atoms with Gasteiger partial charge in [0.1, 0.15) is 9.90 Å². The standard InChI is InChI=1S/C23H26F3N3O3S2/c1-15(12-16-6-2-3-7-16)27-14-17-8-4-5-9-18(17)29-34(30,31)22-11-10-20(33-22)19-13-21(32-28-19)23(24,25)26/h4-5,8-11,13,15-16,27,29H,2-3,6-7,12,14H2,1H3/t15-/m0/s1. The third-order valence-corrected chi connectivity index (χ3v) is 8.92. The van der Waals surface area contributed by atoms with Crippen LogP contribution in [0.3, 0.4) is 0 Å². The van der Waals surface area contributed by atoms with E-state index in [-0.39, 0.29) is 14.8 Å². The highest BCUT2D eigenvalue weighted by Gasteiger charge is 2.36. The second-order valence-electron chi connectivity index (χ2n) is 8.62. The summed E-state index contributed by atoms with van der Waals surface area (Å²) in [4.78, 5) is 0.260. The van der Waals surface area contributed by atoms with Crippen molar-refractivity contribution in [3.8, 4) is 10.6 Å². The Hall–Kier alpha value is -2.37. The summed E-state index contributed by atoms with van der Waals surface area (Å²) in [5.41, 5.74) is 1.20. The summed E-state index contributed by atoms with van der Waals surface area (Å²) in [6.45, 7) is 2.66. The van der Waals surface area contributed by atoms with Crippen LogP contribution >= 0.6 is 11.3 Å². The minimum absolute atomic E-state index is 0.0311. The van der Waals surface area contributed by atoms with Gasteiger partial charge in [0.2, 0.25) is 5.76 Å². The van der Waals surface area contributed by atoms with Crippen molar-refractivity contribution in [3.63, 3.8) is 0 Å². The van der Waals surface area contributed by atoms with Gasteiger partial charge < -0.3 is 9.84 Å². The third kappa shape index (κ3) is 6.00. The maximum absolute atomic E-state index is 13.0. The van der Waals surface area contributed by atoms with Crippen LogP contribution in [0, 0.1) is 5.92 Å². The van der Waals surface area contributed by atoms with E-state index < -0.39 is 22.0 Å². The fourth-order valence-electron chi connectivity index (χ4n) is 4.21. The first-order chi connectivity index (χ1) is 16.1. The van der Waals surface area contributed by atoms with Gasteiger partial charge >= 0.3 is 6.18 Å². The normalized spacial score (nSPS) is 16.1. The number of nitrogens with one attached hydrogen (secondary N) is 2. The lowest BCUT2D eigenvalue weighted by molar-refractivity contribution is -0.155. The molecule has 0 bridgehead atoms. The van der Waals surface area contributed by atoms with E-state index in [1.54, 1.807) is 12.1 Å². The summed E-state index contributed by atoms with van der Waals surface area (Å²) in [6.07, 6.45) is 1.59. The lowest BCUT2D eigenvalue weighted by atomic mass is 9.99. The second-order valence-corrected chi connectivity index (χ2v) is 11.6. The molecule has 2 aromatic heterocycles. The molecule has 1 aliphatic carbocycles. The number of thiophene rings is 1. The van der Waals surface area contributed by atoms with Gasteiger partial charge in [0.25, 0.3) is 10.0 Å². The SMILES string of the molecule is C[C@@H](CC1CCCC1)NCc1ccccc1NS(=O)(=O)c1ccc(-c2cc(C(F)(F)F)on2)s1. The number of sulfonamides is 1. The molecule has 3 aromatic rings. The third-order valence-electron chi connectivity index (χ3n) is 5.95. The molecule has 1 atom stereocenters. The predicted molar refractivity (Wildman–Crippen MR) is 125 cm³/mol. The minimum atomic E-state index is -4.66. The van der Waals surface area contributed by atoms with Crippen LogP contribution in [0.25, 0.3) is 10.6 Å². The Morgan fingerprint density at radius 1 is 1.18 bits per heavy atom. The zero-order valence-corrected chi connectivity index (χ0v) is 20.2. The number of para-hydroxylation sites is 1. The monoisotopic (exact) mass is 513 g/mol. The predicted octanol–water partition coefficient (Wildman–Crippen LogP) is 6.28. The van der Waals surface area contributed by atoms with Crippen molar-refractivity contribution in [1.29, 1.82) is 0 Å². The van der Waals surface area contributed by atoms with Crippen molar-refractivity contribution in [1.82, 2.24) is 10.5 Å². The number of hydrogen-bond acceptors (Lipinski definition) is 6. The first-order valence-electron chi connectivity index (χ1n) is 11.1. The molecule has 4 rings (SSSR count). The molecule has 0 saturated heterocycles. The smallest absolute Gasteiger partial charge is 0.351 e. The fraction of sp³-hybridized carbons (Fsp3) is 0.435. The number of benzene rings is 1. The Balaban J connectivity index is 1.44. The van der Waals surface area contributed by atoms with Gasteiger partial charge in [-0.2, -0.15) is 13.2 Å². The van der Waals surface area contributed by atoms with Crippen LogP contribution < -0.4 is 10.0 Å². The number of rotatable bonds is 9. The van der Waals surface area contributed by atoms with E-state index in [2.05, 4.69) is 26.6 Å². The fourth-order valence-corrected chi connectivity index (χ4v) is 6.57. The molecule has 0 aliphatic heterocycles. The van der Waals surface area contributed by atoms with Crippen LogP contribution in [0.15, 0.2) is 51.2 Å². The van der Waals surface area contributed by atoms with E-state index in [1.165, 1.54) is 37.8 Å². The number of alkyl halides is 3. The van der Waals surface area contributed by atoms with E-state index >= 15 is 0 Å². The molecule has 1 saturated carbocycles. The molecule has 2 heterocycles. The molecular weight excluding hydrogens is 487 g/mol. The molecular formula is C23H26F3N3O3S2. The Labute approximate surface area is 200 Å². The van der Waals surface area contributed by atoms with E-state index in [9.17, 15) is 21.6 Å². The van der Waals surface area contributed by atoms with Crippen molar-refractivity contribution in [2.45, 2.75) is 62.0 Å². The van der Waals surface area contributed by atoms with E-state index in [4.69, 9.17) is 0 Å². The molecule has 0 unspecified atom stereocenters. The molecule has 1 aliphatic rings. The van der Waals surface area contributed by atoms with Crippen molar-refractivity contribution in [2.75, 3.05) is 4.72 Å². The number of anilines is 1. The van der Waals surface area contributed by atoms with Crippen LogP contribution in [0.2, 0.25) is 0 Å². The maximum atomic E-state index is 13.0. The van der Waals surface area contributed by atoms with Crippen LogP contribution in [-0.4, -0.2) is 19.6 Å². The highest BCUT2D eigenvalue weighted by atomic mass is 32.2. The zero-order valence-electron chi connectivity index (χ0n) is 18.6. The Kier molecular flexibility index (Phi) is 7.34. The van der Waals surface area contributed by atoms with E-state index in [0.29, 0.717) is 18.3 Å². The molecule has 34 heavy (non-hydrogen) atoms. The van der Waals surface area contributed by atoms with Gasteiger partial charge in [-0.1, -0.05) is 49.0 Å². The van der Waals surface area contributed by atoms with Crippen molar-refractivity contribution < 1.29 is 26.1 Å². The molecule has 1 fully saturated rings. The quantitative estimate of drug-likeness (QED) is 0.352. The van der Waals surface area contributed by atoms with Crippen molar-refractivity contribution in [2.24, 2.45) is 5.92 Å². The summed E-state index contributed by atoms with van der Waals surface area (Å²) in [5.74, 6) is -0.483. The largest absolute Gasteiger partial charge is 0.452 e. The highest BCUT2D eigenvalue weighted by molar-refractivity contribution is 7.94. The van der Waals surface area contributed by atoms with Gasteiger partial charge in [0, 0.05) is 18.7 Å². The summed E-state index contributed by atoms with van der Waals surface area (Å²) in [6, 6.07) is 11.0. The number of hydrogen-bond donors (Lipinski definition) is 2. The van der Waals surface area contributed by atoms with Gasteiger partial charge in [-0.25, -0.2) is 8.42 Å². The highest BCUT2D eigenvalue weighted by Crippen LogP contribution is 2.36. The molecule has 0 spiro atoms. The Morgan fingerprint density at radius 3 is 2.62 bits per heavy atom. The summed E-state index contributed by atoms with van der Waals surface area (Å²) < 4.78 is 71.2. The molecule has 2 N–H and O–H groups in total. The van der Waals surface area contributed by atoms with Crippen LogP contribution in [0.5, 0.6) is 0 Å². The zero-order chi connectivity index (χ0) is 24.3. The molecule has 184 valence electrons. The lowest BCUT2D eigenvalue weighted by Crippen LogP contribution is -2.28. The van der Waals surface area contributed by atoms with Gasteiger partial charge in [-0.3, -0.25) is 4.72 Å². The maximum Gasteiger partial charge on any atom is 0.452 e. The number of aromatic nitrogens is 1. The number of halogens is 3. The van der Waals surface area contributed by atoms with Gasteiger partial charge in [-0.15, -0.1) is 11.3 Å². The molecule has 11 heteroatoms. The summed E-state index contributed by atoms with van der Waals surface area (Å²) >= 11 is 0.822. The van der Waals surface area contributed by atoms with Crippen molar-refractivity contribution >= 4 is 27.0 Å². The molecule has 6 nitrogen and oxygen atoms in total. The average Bonchev–Trinajstić information content (AvgIpc) is 3.53. The van der Waals surface area contributed by atoms with Gasteiger partial charge in [-0.05, 0) is 43.0 Å². The van der Waals surface area contributed by atoms with Crippen LogP contribution in [0.1, 0.15) is 50.4 Å². The van der Waals surface area contributed by atoms with Gasteiger partial charge in [0.15, 0.2) is 0 Å². The molecule has 1 aromatic carbocycles. The van der Waals surface area contributed by atoms with Crippen LogP contribution in [-0.2, 0) is 22.7 Å². The molecule has 0 amide bonds. The van der Waals surface area contributed by atoms with E-state index in [0.717, 1.165) is 35.3 Å². The summed E-state index contributed by atoms with van der Waals surface area (Å²) in [5, 5.41) is 6.90. The van der Waals surface area contributed by atoms with Gasteiger partial charge in [0.05, 0.1) is 10.6 Å². The Bertz CT molecular complexity index is 1220. The Morgan fingerprint density at radius 2 is 1.91 bits per heavy atom. The summed E-state index contributed by atoms with van der Waals surface area (Å²) in [7, 11) is -3.94.